The van der Waals surface area contributed by atoms with Gasteiger partial charge in [-0.25, -0.2) is 0 Å². The van der Waals surface area contributed by atoms with Crippen LogP contribution in [0, 0.1) is 0 Å². The molecule has 0 radical (unpaired) electrons. The summed E-state index contributed by atoms with van der Waals surface area (Å²) in [5.41, 5.74) is 0. The molecule has 0 aromatic carbocycles. The molecule has 0 aromatic heterocycles. The summed E-state index contributed by atoms with van der Waals surface area (Å²) in [6.45, 7) is 6.68. The zero-order chi connectivity index (χ0) is 52.9. The number of hydrogen-bond acceptors (Lipinski definition) is 6. The number of allylic oxidation sites excluding steroid dienone is 4. The monoisotopic (exact) mass is 1030 g/mol. The number of esters is 3. The summed E-state index contributed by atoms with van der Waals surface area (Å²) in [5.74, 6) is -0.840. The van der Waals surface area contributed by atoms with Crippen LogP contribution in [-0.2, 0) is 28.6 Å². The predicted octanol–water partition coefficient (Wildman–Crippen LogP) is 22.2. The van der Waals surface area contributed by atoms with E-state index in [1.807, 2.05) is 0 Å². The number of rotatable bonds is 61. The first kappa shape index (κ1) is 70.9. The summed E-state index contributed by atoms with van der Waals surface area (Å²) in [7, 11) is 0. The Morgan fingerprint density at radius 1 is 0.274 bits per heavy atom. The molecule has 1 atom stereocenters. The normalized spacial score (nSPS) is 12.1. The van der Waals surface area contributed by atoms with Gasteiger partial charge < -0.3 is 14.2 Å². The number of carbonyl (C=O) groups excluding carboxylic acids is 3. The van der Waals surface area contributed by atoms with Crippen LogP contribution in [0.15, 0.2) is 24.3 Å². The first-order chi connectivity index (χ1) is 36.0. The van der Waals surface area contributed by atoms with Gasteiger partial charge in [0.25, 0.3) is 0 Å². The highest BCUT2D eigenvalue weighted by atomic mass is 16.6. The van der Waals surface area contributed by atoms with E-state index < -0.39 is 6.10 Å². The van der Waals surface area contributed by atoms with Gasteiger partial charge in [0.15, 0.2) is 6.10 Å². The molecule has 0 N–H and O–H groups in total. The van der Waals surface area contributed by atoms with E-state index in [-0.39, 0.29) is 31.1 Å². The lowest BCUT2D eigenvalue weighted by Crippen LogP contribution is -2.30. The van der Waals surface area contributed by atoms with E-state index in [2.05, 4.69) is 45.1 Å². The molecular formula is C67H126O6. The van der Waals surface area contributed by atoms with E-state index in [1.165, 1.54) is 263 Å². The molecule has 0 fully saturated rings. The molecule has 0 heterocycles. The molecule has 6 heteroatoms. The van der Waals surface area contributed by atoms with Crippen molar-refractivity contribution >= 4 is 17.9 Å². The quantitative estimate of drug-likeness (QED) is 0.0261. The van der Waals surface area contributed by atoms with Gasteiger partial charge in [0, 0.05) is 19.3 Å². The largest absolute Gasteiger partial charge is 0.462 e. The van der Waals surface area contributed by atoms with Gasteiger partial charge in [0.1, 0.15) is 13.2 Å². The highest BCUT2D eigenvalue weighted by molar-refractivity contribution is 5.71. The van der Waals surface area contributed by atoms with Gasteiger partial charge >= 0.3 is 17.9 Å². The van der Waals surface area contributed by atoms with Crippen LogP contribution in [-0.4, -0.2) is 37.2 Å². The van der Waals surface area contributed by atoms with Crippen molar-refractivity contribution < 1.29 is 28.6 Å². The summed E-state index contributed by atoms with van der Waals surface area (Å²) < 4.78 is 16.9. The second-order valence-corrected chi connectivity index (χ2v) is 22.4. The zero-order valence-corrected chi connectivity index (χ0v) is 49.4. The number of ether oxygens (including phenoxy) is 3. The van der Waals surface area contributed by atoms with Gasteiger partial charge in [0.2, 0.25) is 0 Å². The standard InChI is InChI=1S/C67H126O6/c1-4-7-10-13-16-19-21-23-25-27-29-30-31-32-33-34-35-36-38-39-41-43-45-48-51-54-57-60-66(69)72-63-64(62-71-65(68)59-56-53-50-47-18-15-12-9-6-3)73-67(70)61-58-55-52-49-46-44-42-40-37-28-26-24-22-20-17-14-11-8-5-2/h21,23,27,29,64H,4-20,22,24-26,28,30-63H2,1-3H3/b23-21-,29-27-. The van der Waals surface area contributed by atoms with E-state index in [1.54, 1.807) is 0 Å². The van der Waals surface area contributed by atoms with Crippen LogP contribution >= 0.6 is 0 Å². The minimum Gasteiger partial charge on any atom is -0.462 e. The van der Waals surface area contributed by atoms with Crippen molar-refractivity contribution in [2.75, 3.05) is 13.2 Å². The van der Waals surface area contributed by atoms with E-state index >= 15 is 0 Å². The van der Waals surface area contributed by atoms with Crippen LogP contribution in [0.2, 0.25) is 0 Å². The SMILES string of the molecule is CCCCCCC/C=C\C/C=C\CCCCCCCCCCCCCCCCCC(=O)OCC(COC(=O)CCCCCCCCCCC)OC(=O)CCCCCCCCCCCCCCCCCCCCC. The third-order valence-electron chi connectivity index (χ3n) is 15.0. The van der Waals surface area contributed by atoms with Crippen LogP contribution in [0.25, 0.3) is 0 Å². The van der Waals surface area contributed by atoms with Crippen LogP contribution in [0.5, 0.6) is 0 Å². The maximum absolute atomic E-state index is 12.9. The Morgan fingerprint density at radius 2 is 0.493 bits per heavy atom. The minimum atomic E-state index is -0.765. The van der Waals surface area contributed by atoms with Crippen LogP contribution in [0.4, 0.5) is 0 Å². The molecule has 0 bridgehead atoms. The Kier molecular flexibility index (Phi) is 60.6. The molecule has 0 aliphatic carbocycles. The molecule has 0 aliphatic rings. The van der Waals surface area contributed by atoms with Crippen LogP contribution < -0.4 is 0 Å². The van der Waals surface area contributed by atoms with Gasteiger partial charge in [-0.05, 0) is 51.4 Å². The minimum absolute atomic E-state index is 0.0647. The van der Waals surface area contributed by atoms with E-state index in [0.29, 0.717) is 19.3 Å². The molecule has 0 saturated carbocycles. The molecule has 0 rings (SSSR count). The molecule has 6 nitrogen and oxygen atoms in total. The maximum atomic E-state index is 12.9. The summed E-state index contributed by atoms with van der Waals surface area (Å²) in [5, 5.41) is 0. The number of carbonyl (C=O) groups is 3. The lowest BCUT2D eigenvalue weighted by Gasteiger charge is -2.18. The van der Waals surface area contributed by atoms with Crippen molar-refractivity contribution in [3.63, 3.8) is 0 Å². The fraction of sp³-hybridized carbons (Fsp3) is 0.896. The van der Waals surface area contributed by atoms with Gasteiger partial charge in [-0.3, -0.25) is 14.4 Å². The fourth-order valence-corrected chi connectivity index (χ4v) is 10.0. The van der Waals surface area contributed by atoms with Gasteiger partial charge in [0.05, 0.1) is 0 Å². The molecule has 0 saturated heterocycles. The third kappa shape index (κ3) is 60.6. The molecule has 0 aliphatic heterocycles. The Balaban J connectivity index is 4.12. The van der Waals surface area contributed by atoms with E-state index in [0.717, 1.165) is 64.2 Å². The lowest BCUT2D eigenvalue weighted by molar-refractivity contribution is -0.167. The topological polar surface area (TPSA) is 78.9 Å². The summed E-state index contributed by atoms with van der Waals surface area (Å²) in [6, 6.07) is 0. The van der Waals surface area contributed by atoms with Crippen molar-refractivity contribution in [3.05, 3.63) is 24.3 Å². The number of unbranched alkanes of at least 4 members (excludes halogenated alkanes) is 46. The molecule has 0 amide bonds. The van der Waals surface area contributed by atoms with E-state index in [9.17, 15) is 14.4 Å². The first-order valence-electron chi connectivity index (χ1n) is 32.8. The van der Waals surface area contributed by atoms with Crippen LogP contribution in [0.3, 0.4) is 0 Å². The second kappa shape index (κ2) is 62.4. The van der Waals surface area contributed by atoms with Gasteiger partial charge in [-0.15, -0.1) is 0 Å². The Morgan fingerprint density at radius 3 is 0.753 bits per heavy atom. The van der Waals surface area contributed by atoms with Crippen LogP contribution in [0.1, 0.15) is 367 Å². The average molecular weight is 1030 g/mol. The van der Waals surface area contributed by atoms with Crippen molar-refractivity contribution in [3.8, 4) is 0 Å². The average Bonchev–Trinajstić information content (AvgIpc) is 3.39. The fourth-order valence-electron chi connectivity index (χ4n) is 10.0. The number of hydrogen-bond donors (Lipinski definition) is 0. The Bertz CT molecular complexity index is 1180. The smallest absolute Gasteiger partial charge is 0.306 e. The first-order valence-corrected chi connectivity index (χ1v) is 32.8. The summed E-state index contributed by atoms with van der Waals surface area (Å²) in [6.07, 6.45) is 74.9. The maximum Gasteiger partial charge on any atom is 0.306 e. The molecule has 0 spiro atoms. The molecule has 1 unspecified atom stereocenters. The molecule has 430 valence electrons. The lowest BCUT2D eigenvalue weighted by atomic mass is 10.0. The van der Waals surface area contributed by atoms with Crippen molar-refractivity contribution in [2.24, 2.45) is 0 Å². The Labute approximate surface area is 455 Å². The van der Waals surface area contributed by atoms with Crippen molar-refractivity contribution in [1.29, 1.82) is 0 Å². The second-order valence-electron chi connectivity index (χ2n) is 22.4. The van der Waals surface area contributed by atoms with Gasteiger partial charge in [-0.2, -0.15) is 0 Å². The third-order valence-corrected chi connectivity index (χ3v) is 15.0. The zero-order valence-electron chi connectivity index (χ0n) is 49.4. The molecule has 0 aromatic rings. The Hall–Kier alpha value is -2.11. The predicted molar refractivity (Wildman–Crippen MR) is 316 cm³/mol. The van der Waals surface area contributed by atoms with E-state index in [4.69, 9.17) is 14.2 Å². The summed E-state index contributed by atoms with van der Waals surface area (Å²) >= 11 is 0. The van der Waals surface area contributed by atoms with Gasteiger partial charge in [-0.1, -0.05) is 321 Å². The molecule has 73 heavy (non-hydrogen) atoms. The van der Waals surface area contributed by atoms with Crippen molar-refractivity contribution in [2.45, 2.75) is 374 Å². The highest BCUT2D eigenvalue weighted by Crippen LogP contribution is 2.18. The summed E-state index contributed by atoms with van der Waals surface area (Å²) in [4.78, 5) is 38.2. The molecular weight excluding hydrogens is 901 g/mol. The highest BCUT2D eigenvalue weighted by Gasteiger charge is 2.19. The van der Waals surface area contributed by atoms with Crippen molar-refractivity contribution in [1.82, 2.24) is 0 Å².